The van der Waals surface area contributed by atoms with Crippen LogP contribution in [0.3, 0.4) is 0 Å². The third kappa shape index (κ3) is 2.97. The van der Waals surface area contributed by atoms with Gasteiger partial charge in [0.1, 0.15) is 0 Å². The van der Waals surface area contributed by atoms with Crippen LogP contribution in [0, 0.1) is 5.92 Å². The Balaban J connectivity index is 2.25. The van der Waals surface area contributed by atoms with Crippen LogP contribution in [0.4, 0.5) is 0 Å². The van der Waals surface area contributed by atoms with Gasteiger partial charge in [-0.3, -0.25) is 9.59 Å². The zero-order valence-electron chi connectivity index (χ0n) is 11.6. The summed E-state index contributed by atoms with van der Waals surface area (Å²) >= 11 is 1.60. The van der Waals surface area contributed by atoms with Gasteiger partial charge in [-0.25, -0.2) is 0 Å². The summed E-state index contributed by atoms with van der Waals surface area (Å²) in [5, 5.41) is 4.95. The number of hydrogen-bond acceptors (Lipinski definition) is 3. The summed E-state index contributed by atoms with van der Waals surface area (Å²) < 4.78 is 0. The molecular formula is C14H20N2O2S. The first kappa shape index (κ1) is 14.1. The van der Waals surface area contributed by atoms with Crippen LogP contribution in [-0.2, 0) is 9.59 Å². The van der Waals surface area contributed by atoms with Gasteiger partial charge in [0, 0.05) is 24.4 Å². The summed E-state index contributed by atoms with van der Waals surface area (Å²) in [6.45, 7) is 3.91. The molecule has 2 atom stereocenters. The lowest BCUT2D eigenvalue weighted by molar-refractivity contribution is -0.141. The predicted molar refractivity (Wildman–Crippen MR) is 75.8 cm³/mol. The minimum Gasteiger partial charge on any atom is -0.354 e. The molecule has 1 aromatic heterocycles. The highest BCUT2D eigenvalue weighted by Crippen LogP contribution is 2.37. The molecule has 2 amide bonds. The first-order chi connectivity index (χ1) is 9.00. The van der Waals surface area contributed by atoms with Crippen LogP contribution < -0.4 is 5.32 Å². The third-order valence-corrected chi connectivity index (χ3v) is 4.41. The van der Waals surface area contributed by atoms with Crippen molar-refractivity contribution in [3.05, 3.63) is 22.4 Å². The van der Waals surface area contributed by atoms with E-state index in [1.165, 1.54) is 0 Å². The van der Waals surface area contributed by atoms with Gasteiger partial charge in [0.2, 0.25) is 11.8 Å². The third-order valence-electron chi connectivity index (χ3n) is 3.46. The molecule has 0 aromatic carbocycles. The largest absolute Gasteiger partial charge is 0.354 e. The second-order valence-corrected chi connectivity index (χ2v) is 6.25. The van der Waals surface area contributed by atoms with Crippen LogP contribution in [0.5, 0.6) is 0 Å². The van der Waals surface area contributed by atoms with E-state index in [2.05, 4.69) is 5.32 Å². The van der Waals surface area contributed by atoms with Crippen molar-refractivity contribution in [2.45, 2.75) is 38.8 Å². The second-order valence-electron chi connectivity index (χ2n) is 5.27. The van der Waals surface area contributed by atoms with E-state index in [9.17, 15) is 9.59 Å². The van der Waals surface area contributed by atoms with Crippen molar-refractivity contribution in [1.29, 1.82) is 0 Å². The van der Waals surface area contributed by atoms with Crippen LogP contribution >= 0.6 is 11.3 Å². The van der Waals surface area contributed by atoms with E-state index >= 15 is 0 Å². The minimum absolute atomic E-state index is 0.0488. The van der Waals surface area contributed by atoms with Gasteiger partial charge in [-0.05, 0) is 31.7 Å². The molecule has 0 radical (unpaired) electrons. The molecule has 1 aliphatic heterocycles. The van der Waals surface area contributed by atoms with Gasteiger partial charge in [0.05, 0.1) is 12.0 Å². The number of amides is 2. The fraction of sp³-hybridized carbons (Fsp3) is 0.571. The van der Waals surface area contributed by atoms with Crippen molar-refractivity contribution in [3.8, 4) is 0 Å². The van der Waals surface area contributed by atoms with Crippen LogP contribution in [0.25, 0.3) is 0 Å². The van der Waals surface area contributed by atoms with Gasteiger partial charge < -0.3 is 10.2 Å². The first-order valence-corrected chi connectivity index (χ1v) is 7.48. The highest BCUT2D eigenvalue weighted by Gasteiger charge is 2.39. The Morgan fingerprint density at radius 3 is 2.84 bits per heavy atom. The highest BCUT2D eigenvalue weighted by atomic mass is 32.1. The minimum atomic E-state index is -0.149. The number of piperidine rings is 1. The van der Waals surface area contributed by atoms with E-state index in [1.807, 2.05) is 31.4 Å². The molecule has 1 aliphatic rings. The SMILES string of the molecule is CC(C)NC(=O)C1CCC(=O)N(C)C1c1cccs1. The monoisotopic (exact) mass is 280 g/mol. The summed E-state index contributed by atoms with van der Waals surface area (Å²) in [6.07, 6.45) is 1.08. The van der Waals surface area contributed by atoms with Crippen molar-refractivity contribution in [2.75, 3.05) is 7.05 Å². The molecule has 5 heteroatoms. The van der Waals surface area contributed by atoms with Crippen molar-refractivity contribution in [2.24, 2.45) is 5.92 Å². The molecule has 0 saturated carbocycles. The number of likely N-dealkylation sites (tertiary alicyclic amines) is 1. The van der Waals surface area contributed by atoms with Crippen LogP contribution in [0.15, 0.2) is 17.5 Å². The average molecular weight is 280 g/mol. The van der Waals surface area contributed by atoms with Crippen molar-refractivity contribution < 1.29 is 9.59 Å². The lowest BCUT2D eigenvalue weighted by Crippen LogP contribution is -2.47. The van der Waals surface area contributed by atoms with Gasteiger partial charge in [-0.15, -0.1) is 11.3 Å². The first-order valence-electron chi connectivity index (χ1n) is 6.60. The van der Waals surface area contributed by atoms with Crippen LogP contribution in [0.2, 0.25) is 0 Å². The predicted octanol–water partition coefficient (Wildman–Crippen LogP) is 2.18. The number of hydrogen-bond donors (Lipinski definition) is 1. The Morgan fingerprint density at radius 1 is 1.53 bits per heavy atom. The van der Waals surface area contributed by atoms with E-state index in [4.69, 9.17) is 0 Å². The van der Waals surface area contributed by atoms with E-state index in [0.717, 1.165) is 4.88 Å². The Morgan fingerprint density at radius 2 is 2.26 bits per heavy atom. The quantitative estimate of drug-likeness (QED) is 0.922. The zero-order chi connectivity index (χ0) is 14.0. The molecule has 1 fully saturated rings. The summed E-state index contributed by atoms with van der Waals surface area (Å²) in [6, 6.07) is 3.96. The Labute approximate surface area is 117 Å². The van der Waals surface area contributed by atoms with Crippen molar-refractivity contribution in [1.82, 2.24) is 10.2 Å². The number of thiophene rings is 1. The molecule has 1 aromatic rings. The standard InChI is InChI=1S/C14H20N2O2S/c1-9(2)15-14(18)10-6-7-12(17)16(3)13(10)11-5-4-8-19-11/h4-5,8-10,13H,6-7H2,1-3H3,(H,15,18). The van der Waals surface area contributed by atoms with E-state index in [-0.39, 0.29) is 29.8 Å². The maximum atomic E-state index is 12.3. The molecule has 104 valence electrons. The number of nitrogens with one attached hydrogen (secondary N) is 1. The topological polar surface area (TPSA) is 49.4 Å². The van der Waals surface area contributed by atoms with Crippen LogP contribution in [-0.4, -0.2) is 29.8 Å². The van der Waals surface area contributed by atoms with Crippen molar-refractivity contribution >= 4 is 23.2 Å². The molecule has 2 heterocycles. The molecule has 2 rings (SSSR count). The zero-order valence-corrected chi connectivity index (χ0v) is 12.4. The maximum absolute atomic E-state index is 12.3. The Bertz CT molecular complexity index is 456. The molecule has 0 aliphatic carbocycles. The van der Waals surface area contributed by atoms with E-state index in [1.54, 1.807) is 23.3 Å². The van der Waals surface area contributed by atoms with Gasteiger partial charge in [-0.1, -0.05) is 6.07 Å². The average Bonchev–Trinajstić information content (AvgIpc) is 2.84. The Hall–Kier alpha value is -1.36. The normalized spacial score (nSPS) is 23.8. The molecule has 2 unspecified atom stereocenters. The van der Waals surface area contributed by atoms with Gasteiger partial charge in [0.15, 0.2) is 0 Å². The van der Waals surface area contributed by atoms with E-state index < -0.39 is 0 Å². The molecule has 1 N–H and O–H groups in total. The highest BCUT2D eigenvalue weighted by molar-refractivity contribution is 7.10. The fourth-order valence-corrected chi connectivity index (χ4v) is 3.49. The lowest BCUT2D eigenvalue weighted by atomic mass is 9.87. The molecule has 0 spiro atoms. The molecule has 0 bridgehead atoms. The fourth-order valence-electron chi connectivity index (χ4n) is 2.55. The van der Waals surface area contributed by atoms with E-state index in [0.29, 0.717) is 12.8 Å². The number of carbonyl (C=O) groups is 2. The summed E-state index contributed by atoms with van der Waals surface area (Å²) in [7, 11) is 1.79. The molecule has 19 heavy (non-hydrogen) atoms. The molecule has 1 saturated heterocycles. The van der Waals surface area contributed by atoms with Gasteiger partial charge in [-0.2, -0.15) is 0 Å². The number of rotatable bonds is 3. The van der Waals surface area contributed by atoms with Crippen LogP contribution in [0.1, 0.15) is 37.6 Å². The summed E-state index contributed by atoms with van der Waals surface area (Å²) in [5.41, 5.74) is 0. The van der Waals surface area contributed by atoms with Gasteiger partial charge >= 0.3 is 0 Å². The summed E-state index contributed by atoms with van der Waals surface area (Å²) in [5.74, 6) is 0.0171. The maximum Gasteiger partial charge on any atom is 0.225 e. The Kier molecular flexibility index (Phi) is 4.24. The molecule has 4 nitrogen and oxygen atoms in total. The molecular weight excluding hydrogens is 260 g/mol. The summed E-state index contributed by atoms with van der Waals surface area (Å²) in [4.78, 5) is 27.0. The van der Waals surface area contributed by atoms with Gasteiger partial charge in [0.25, 0.3) is 0 Å². The smallest absolute Gasteiger partial charge is 0.225 e. The lowest BCUT2D eigenvalue weighted by Gasteiger charge is -2.38. The number of carbonyl (C=O) groups excluding carboxylic acids is 2. The second kappa shape index (κ2) is 5.74. The number of nitrogens with zero attached hydrogens (tertiary/aromatic N) is 1. The van der Waals surface area contributed by atoms with Crippen molar-refractivity contribution in [3.63, 3.8) is 0 Å².